The van der Waals surface area contributed by atoms with Crippen LogP contribution in [-0.4, -0.2) is 31.9 Å². The highest BCUT2D eigenvalue weighted by Crippen LogP contribution is 2.20. The molecule has 2 atom stereocenters. The third kappa shape index (κ3) is 4.21. The molecular formula is C18H20N2O3S. The van der Waals surface area contributed by atoms with Crippen molar-refractivity contribution in [1.29, 1.82) is 0 Å². The lowest BCUT2D eigenvalue weighted by Crippen LogP contribution is -2.40. The van der Waals surface area contributed by atoms with Gasteiger partial charge >= 0.3 is 0 Å². The molecule has 0 bridgehead atoms. The van der Waals surface area contributed by atoms with Gasteiger partial charge < -0.3 is 5.32 Å². The van der Waals surface area contributed by atoms with Crippen LogP contribution in [0.3, 0.4) is 0 Å². The van der Waals surface area contributed by atoms with E-state index in [-0.39, 0.29) is 23.5 Å². The van der Waals surface area contributed by atoms with E-state index in [9.17, 15) is 13.2 Å². The highest BCUT2D eigenvalue weighted by atomic mass is 32.2. The molecule has 1 heterocycles. The second kappa shape index (κ2) is 7.15. The molecule has 5 nitrogen and oxygen atoms in total. The summed E-state index contributed by atoms with van der Waals surface area (Å²) in [6.45, 7) is 0. The fraction of sp³-hybridized carbons (Fsp3) is 0.278. The number of rotatable bonds is 5. The number of amides is 1. The molecule has 0 saturated carbocycles. The fourth-order valence-electron chi connectivity index (χ4n) is 2.87. The smallest absolute Gasteiger partial charge is 0.246 e. The first-order chi connectivity index (χ1) is 11.5. The zero-order valence-electron chi connectivity index (χ0n) is 13.2. The normalized spacial score (nSPS) is 20.4. The molecule has 3 rings (SSSR count). The molecule has 1 aliphatic heterocycles. The average molecular weight is 344 g/mol. The van der Waals surface area contributed by atoms with Crippen LogP contribution in [0.1, 0.15) is 18.0 Å². The molecule has 1 fully saturated rings. The summed E-state index contributed by atoms with van der Waals surface area (Å²) in [5, 5.41) is 6.10. The second-order valence-corrected chi connectivity index (χ2v) is 8.19. The van der Waals surface area contributed by atoms with Crippen LogP contribution in [0.4, 0.5) is 5.69 Å². The van der Waals surface area contributed by atoms with Crippen LogP contribution >= 0.6 is 0 Å². The van der Waals surface area contributed by atoms with Gasteiger partial charge in [-0.25, -0.2) is 8.42 Å². The first-order valence-electron chi connectivity index (χ1n) is 7.91. The number of nitrogens with one attached hydrogen (secondary N) is 2. The molecule has 2 aromatic carbocycles. The van der Waals surface area contributed by atoms with Crippen molar-refractivity contribution in [1.82, 2.24) is 5.32 Å². The Kier molecular flexibility index (Phi) is 4.97. The Hall–Kier alpha value is -2.18. The maximum atomic E-state index is 12.7. The molecule has 6 heteroatoms. The largest absolute Gasteiger partial charge is 0.324 e. The summed E-state index contributed by atoms with van der Waals surface area (Å²) in [5.41, 5.74) is 1.53. The number of carbonyl (C=O) groups is 1. The summed E-state index contributed by atoms with van der Waals surface area (Å²) < 4.78 is 23.4. The van der Waals surface area contributed by atoms with E-state index in [4.69, 9.17) is 0 Å². The second-order valence-electron chi connectivity index (χ2n) is 5.97. The monoisotopic (exact) mass is 344 g/mol. The molecule has 0 spiro atoms. The van der Waals surface area contributed by atoms with Crippen molar-refractivity contribution in [3.63, 3.8) is 0 Å². The van der Waals surface area contributed by atoms with E-state index >= 15 is 0 Å². The Bertz CT molecular complexity index is 792. The molecule has 0 aromatic heterocycles. The first-order valence-corrected chi connectivity index (χ1v) is 9.73. The topological polar surface area (TPSA) is 75.3 Å². The van der Waals surface area contributed by atoms with Crippen LogP contribution < -0.4 is 10.6 Å². The number of anilines is 1. The number of hydrogen-bond donors (Lipinski definition) is 2. The van der Waals surface area contributed by atoms with Crippen LogP contribution in [0, 0.1) is 0 Å². The van der Waals surface area contributed by atoms with Gasteiger partial charge in [-0.2, -0.15) is 0 Å². The molecule has 1 amide bonds. The third-order valence-electron chi connectivity index (χ3n) is 4.07. The summed E-state index contributed by atoms with van der Waals surface area (Å²) >= 11 is 0. The maximum Gasteiger partial charge on any atom is 0.246 e. The van der Waals surface area contributed by atoms with Gasteiger partial charge in [0.15, 0.2) is 9.84 Å². The lowest BCUT2D eigenvalue weighted by Gasteiger charge is -2.22. The molecular weight excluding hydrogens is 324 g/mol. The molecule has 2 aromatic rings. The molecule has 126 valence electrons. The van der Waals surface area contributed by atoms with Gasteiger partial charge in [0.1, 0.15) is 6.04 Å². The lowest BCUT2D eigenvalue weighted by molar-refractivity contribution is -0.118. The number of hydrogen-bond acceptors (Lipinski definition) is 4. The van der Waals surface area contributed by atoms with E-state index in [2.05, 4.69) is 10.6 Å². The number of para-hydroxylation sites is 1. The Morgan fingerprint density at radius 3 is 2.21 bits per heavy atom. The van der Waals surface area contributed by atoms with E-state index in [1.165, 1.54) is 0 Å². The summed E-state index contributed by atoms with van der Waals surface area (Å²) in [7, 11) is -3.00. The Morgan fingerprint density at radius 1 is 1.00 bits per heavy atom. The van der Waals surface area contributed by atoms with Crippen LogP contribution in [0.5, 0.6) is 0 Å². The van der Waals surface area contributed by atoms with Crippen LogP contribution in [-0.2, 0) is 14.6 Å². The highest BCUT2D eigenvalue weighted by Gasteiger charge is 2.32. The summed E-state index contributed by atoms with van der Waals surface area (Å²) in [5.74, 6) is 0.0539. The summed E-state index contributed by atoms with van der Waals surface area (Å²) in [4.78, 5) is 12.7. The van der Waals surface area contributed by atoms with E-state index < -0.39 is 15.9 Å². The van der Waals surface area contributed by atoms with Crippen molar-refractivity contribution < 1.29 is 13.2 Å². The SMILES string of the molecule is O=C(Nc1ccccc1)[C@H](N[C@H]1CCS(=O)(=O)C1)c1ccccc1. The molecule has 1 saturated heterocycles. The average Bonchev–Trinajstić information content (AvgIpc) is 2.93. The van der Waals surface area contributed by atoms with Gasteiger partial charge in [-0.3, -0.25) is 10.1 Å². The molecule has 24 heavy (non-hydrogen) atoms. The van der Waals surface area contributed by atoms with Gasteiger partial charge in [0.05, 0.1) is 11.5 Å². The fourth-order valence-corrected chi connectivity index (χ4v) is 4.55. The number of carbonyl (C=O) groups excluding carboxylic acids is 1. The van der Waals surface area contributed by atoms with Gasteiger partial charge in [0, 0.05) is 11.7 Å². The third-order valence-corrected chi connectivity index (χ3v) is 5.84. The Labute approximate surface area is 142 Å². The minimum atomic E-state index is -3.00. The van der Waals surface area contributed by atoms with Gasteiger partial charge in [-0.1, -0.05) is 48.5 Å². The van der Waals surface area contributed by atoms with Gasteiger partial charge in [-0.15, -0.1) is 0 Å². The molecule has 0 aliphatic carbocycles. The zero-order valence-corrected chi connectivity index (χ0v) is 14.0. The maximum absolute atomic E-state index is 12.7. The van der Waals surface area contributed by atoms with Gasteiger partial charge in [0.2, 0.25) is 5.91 Å². The summed E-state index contributed by atoms with van der Waals surface area (Å²) in [6, 6.07) is 17.8. The van der Waals surface area contributed by atoms with Gasteiger partial charge in [-0.05, 0) is 24.1 Å². The van der Waals surface area contributed by atoms with Crippen molar-refractivity contribution in [2.75, 3.05) is 16.8 Å². The lowest BCUT2D eigenvalue weighted by atomic mass is 10.0. The Balaban J connectivity index is 1.78. The first kappa shape index (κ1) is 16.7. The molecule has 2 N–H and O–H groups in total. The van der Waals surface area contributed by atoms with Crippen molar-refractivity contribution in [2.45, 2.75) is 18.5 Å². The minimum absolute atomic E-state index is 0.0783. The van der Waals surface area contributed by atoms with Crippen LogP contribution in [0.25, 0.3) is 0 Å². The number of benzene rings is 2. The van der Waals surface area contributed by atoms with Crippen molar-refractivity contribution in [3.8, 4) is 0 Å². The molecule has 0 unspecified atom stereocenters. The zero-order chi connectivity index (χ0) is 17.0. The van der Waals surface area contributed by atoms with Crippen LogP contribution in [0.15, 0.2) is 60.7 Å². The summed E-state index contributed by atoms with van der Waals surface area (Å²) in [6.07, 6.45) is 0.532. The van der Waals surface area contributed by atoms with Crippen molar-refractivity contribution >= 4 is 21.4 Å². The Morgan fingerprint density at radius 2 is 1.62 bits per heavy atom. The van der Waals surface area contributed by atoms with Gasteiger partial charge in [0.25, 0.3) is 0 Å². The van der Waals surface area contributed by atoms with E-state index in [0.717, 1.165) is 5.56 Å². The predicted octanol–water partition coefficient (Wildman–Crippen LogP) is 2.14. The predicted molar refractivity (Wildman–Crippen MR) is 94.4 cm³/mol. The van der Waals surface area contributed by atoms with E-state index in [0.29, 0.717) is 12.1 Å². The van der Waals surface area contributed by atoms with Crippen LogP contribution in [0.2, 0.25) is 0 Å². The van der Waals surface area contributed by atoms with E-state index in [1.54, 1.807) is 0 Å². The van der Waals surface area contributed by atoms with Crippen molar-refractivity contribution in [3.05, 3.63) is 66.2 Å². The quantitative estimate of drug-likeness (QED) is 0.871. The standard InChI is InChI=1S/C18H20N2O3S/c21-18(20-15-9-5-2-6-10-15)17(14-7-3-1-4-8-14)19-16-11-12-24(22,23)13-16/h1-10,16-17,19H,11-13H2,(H,20,21)/t16-,17+/m0/s1. The highest BCUT2D eigenvalue weighted by molar-refractivity contribution is 7.91. The number of sulfone groups is 1. The molecule has 0 radical (unpaired) electrons. The molecule has 1 aliphatic rings. The minimum Gasteiger partial charge on any atom is -0.324 e. The van der Waals surface area contributed by atoms with E-state index in [1.807, 2.05) is 60.7 Å². The van der Waals surface area contributed by atoms with Crippen molar-refractivity contribution in [2.24, 2.45) is 0 Å².